The molecule has 1 aliphatic rings. The summed E-state index contributed by atoms with van der Waals surface area (Å²) in [6, 6.07) is 18.1. The average Bonchev–Trinajstić information content (AvgIpc) is 2.78. The first-order valence-electron chi connectivity index (χ1n) is 11.0. The molecule has 0 spiro atoms. The maximum Gasteiger partial charge on any atom is 0.410 e. The van der Waals surface area contributed by atoms with Crippen molar-refractivity contribution < 1.29 is 9.53 Å². The molecule has 1 aromatic heterocycles. The van der Waals surface area contributed by atoms with Gasteiger partial charge in [0, 0.05) is 23.1 Å². The van der Waals surface area contributed by atoms with Gasteiger partial charge in [-0.2, -0.15) is 0 Å². The highest BCUT2D eigenvalue weighted by Gasteiger charge is 2.29. The number of hydrogen-bond acceptors (Lipinski definition) is 3. The van der Waals surface area contributed by atoms with Crippen LogP contribution in [-0.2, 0) is 17.7 Å². The smallest absolute Gasteiger partial charge is 0.410 e. The molecular weight excluding hydrogens is 455 g/mol. The molecule has 0 saturated carbocycles. The molecule has 6 heteroatoms. The first-order chi connectivity index (χ1) is 15.7. The van der Waals surface area contributed by atoms with Crippen LogP contribution in [0.25, 0.3) is 32.9 Å². The monoisotopic (exact) mass is 478 g/mol. The average molecular weight is 479 g/mol. The maximum atomic E-state index is 12.9. The van der Waals surface area contributed by atoms with Gasteiger partial charge < -0.3 is 9.64 Å². The number of amides is 1. The van der Waals surface area contributed by atoms with Crippen LogP contribution in [0.5, 0.6) is 0 Å². The quantitative estimate of drug-likeness (QED) is 0.263. The third-order valence-corrected chi connectivity index (χ3v) is 6.66. The van der Waals surface area contributed by atoms with Gasteiger partial charge in [0.2, 0.25) is 0 Å². The van der Waals surface area contributed by atoms with E-state index >= 15 is 0 Å². The highest BCUT2D eigenvalue weighted by atomic mass is 35.5. The number of halogens is 2. The Balaban J connectivity index is 1.73. The Hall–Kier alpha value is -2.82. The zero-order valence-electron chi connectivity index (χ0n) is 18.8. The summed E-state index contributed by atoms with van der Waals surface area (Å²) >= 11 is 12.5. The summed E-state index contributed by atoms with van der Waals surface area (Å²) in [4.78, 5) is 19.7. The molecule has 3 aromatic carbocycles. The second kappa shape index (κ2) is 8.19. The maximum absolute atomic E-state index is 12.9. The van der Waals surface area contributed by atoms with Crippen molar-refractivity contribution in [3.63, 3.8) is 0 Å². The molecule has 0 radical (unpaired) electrons. The van der Waals surface area contributed by atoms with Gasteiger partial charge in [0.05, 0.1) is 27.8 Å². The van der Waals surface area contributed by atoms with Gasteiger partial charge in [0.25, 0.3) is 0 Å². The molecule has 0 bridgehead atoms. The van der Waals surface area contributed by atoms with Gasteiger partial charge in [-0.05, 0) is 61.7 Å². The Morgan fingerprint density at radius 3 is 2.55 bits per heavy atom. The lowest BCUT2D eigenvalue weighted by molar-refractivity contribution is 0.0224. The molecule has 0 unspecified atom stereocenters. The predicted molar refractivity (Wildman–Crippen MR) is 135 cm³/mol. The van der Waals surface area contributed by atoms with Crippen LogP contribution in [0.2, 0.25) is 10.0 Å². The van der Waals surface area contributed by atoms with Crippen LogP contribution < -0.4 is 0 Å². The van der Waals surface area contributed by atoms with Crippen molar-refractivity contribution in [2.24, 2.45) is 0 Å². The van der Waals surface area contributed by atoms with Crippen LogP contribution >= 0.6 is 23.2 Å². The minimum Gasteiger partial charge on any atom is -0.444 e. The second-order valence-corrected chi connectivity index (χ2v) is 10.2. The number of ether oxygens (including phenoxy) is 1. The lowest BCUT2D eigenvalue weighted by atomic mass is 9.89. The fourth-order valence-electron chi connectivity index (χ4n) is 4.48. The summed E-state index contributed by atoms with van der Waals surface area (Å²) in [5, 5.41) is 4.46. The van der Waals surface area contributed by atoms with Crippen LogP contribution in [0.1, 0.15) is 31.9 Å². The fraction of sp³-hybridized carbons (Fsp3) is 0.259. The van der Waals surface area contributed by atoms with Crippen molar-refractivity contribution in [1.82, 2.24) is 9.88 Å². The van der Waals surface area contributed by atoms with E-state index in [9.17, 15) is 4.79 Å². The van der Waals surface area contributed by atoms with Gasteiger partial charge >= 0.3 is 6.09 Å². The number of rotatable bonds is 1. The van der Waals surface area contributed by atoms with E-state index in [0.717, 1.165) is 34.1 Å². The first kappa shape index (κ1) is 22.0. The molecule has 5 rings (SSSR count). The number of aromatic nitrogens is 1. The molecule has 4 aromatic rings. The summed E-state index contributed by atoms with van der Waals surface area (Å²) in [6.07, 6.45) is 0.405. The third kappa shape index (κ3) is 4.14. The van der Waals surface area contributed by atoms with Crippen molar-refractivity contribution in [1.29, 1.82) is 0 Å². The second-order valence-electron chi connectivity index (χ2n) is 9.38. The van der Waals surface area contributed by atoms with Gasteiger partial charge in [0.1, 0.15) is 5.60 Å². The molecule has 1 amide bonds. The number of nitrogens with zero attached hydrogens (tertiary/aromatic N) is 2. The van der Waals surface area contributed by atoms with Crippen molar-refractivity contribution in [3.8, 4) is 11.3 Å². The SMILES string of the molecule is CC(C)(C)OC(=O)N1CCc2c(c(-c3ccc(Cl)c(Cl)c3)nc3ccc4ccccc4c23)C1. The van der Waals surface area contributed by atoms with E-state index in [2.05, 4.69) is 30.3 Å². The van der Waals surface area contributed by atoms with E-state index < -0.39 is 5.60 Å². The van der Waals surface area contributed by atoms with E-state index in [-0.39, 0.29) is 6.09 Å². The van der Waals surface area contributed by atoms with Gasteiger partial charge in [-0.1, -0.05) is 59.6 Å². The van der Waals surface area contributed by atoms with Crippen molar-refractivity contribution in [2.75, 3.05) is 6.54 Å². The predicted octanol–water partition coefficient (Wildman–Crippen LogP) is 7.66. The molecule has 1 aliphatic heterocycles. The van der Waals surface area contributed by atoms with E-state index in [1.54, 1.807) is 11.0 Å². The molecule has 2 heterocycles. The molecule has 33 heavy (non-hydrogen) atoms. The lowest BCUT2D eigenvalue weighted by Crippen LogP contribution is -2.40. The van der Waals surface area contributed by atoms with Crippen molar-refractivity contribution in [2.45, 2.75) is 39.3 Å². The van der Waals surface area contributed by atoms with Crippen LogP contribution in [0.3, 0.4) is 0 Å². The van der Waals surface area contributed by atoms with Gasteiger partial charge in [-0.3, -0.25) is 0 Å². The summed E-state index contributed by atoms with van der Waals surface area (Å²) < 4.78 is 5.66. The number of benzene rings is 3. The first-order valence-corrected chi connectivity index (χ1v) is 11.7. The third-order valence-electron chi connectivity index (χ3n) is 5.92. The van der Waals surface area contributed by atoms with Crippen LogP contribution in [0, 0.1) is 0 Å². The molecular formula is C27H24Cl2N2O2. The Kier molecular flexibility index (Phi) is 5.46. The summed E-state index contributed by atoms with van der Waals surface area (Å²) in [7, 11) is 0. The lowest BCUT2D eigenvalue weighted by Gasteiger charge is -2.33. The largest absolute Gasteiger partial charge is 0.444 e. The number of carbonyl (C=O) groups is 1. The number of hydrogen-bond donors (Lipinski definition) is 0. The van der Waals surface area contributed by atoms with E-state index in [4.69, 9.17) is 32.9 Å². The normalized spacial score (nSPS) is 13.9. The topological polar surface area (TPSA) is 42.4 Å². The number of pyridine rings is 1. The summed E-state index contributed by atoms with van der Waals surface area (Å²) in [5.74, 6) is 0. The molecule has 4 nitrogen and oxygen atoms in total. The molecule has 0 aliphatic carbocycles. The number of fused-ring (bicyclic) bond motifs is 5. The van der Waals surface area contributed by atoms with E-state index in [1.165, 1.54) is 16.3 Å². The fourth-order valence-corrected chi connectivity index (χ4v) is 4.78. The summed E-state index contributed by atoms with van der Waals surface area (Å²) in [5.41, 5.74) is 4.31. The van der Waals surface area contributed by atoms with Crippen LogP contribution in [-0.4, -0.2) is 28.1 Å². The minimum atomic E-state index is -0.554. The zero-order valence-corrected chi connectivity index (χ0v) is 20.3. The Morgan fingerprint density at radius 2 is 1.79 bits per heavy atom. The minimum absolute atomic E-state index is 0.314. The molecule has 0 saturated heterocycles. The molecule has 0 N–H and O–H groups in total. The van der Waals surface area contributed by atoms with Gasteiger partial charge in [0.15, 0.2) is 0 Å². The number of carbonyl (C=O) groups excluding carboxylic acids is 1. The van der Waals surface area contributed by atoms with Crippen molar-refractivity contribution in [3.05, 3.63) is 75.8 Å². The Morgan fingerprint density at radius 1 is 1.00 bits per heavy atom. The highest BCUT2D eigenvalue weighted by molar-refractivity contribution is 6.42. The molecule has 168 valence electrons. The zero-order chi connectivity index (χ0) is 23.3. The van der Waals surface area contributed by atoms with Gasteiger partial charge in [-0.15, -0.1) is 0 Å². The standard InChI is InChI=1S/C27H24Cl2N2O2/c1-27(2,3)33-26(32)31-13-12-19-20(15-31)25(17-8-10-21(28)22(29)14-17)30-23-11-9-16-6-4-5-7-18(16)24(19)23/h4-11,14H,12-13,15H2,1-3H3. The summed E-state index contributed by atoms with van der Waals surface area (Å²) in [6.45, 7) is 6.65. The molecule has 0 fully saturated rings. The Bertz CT molecular complexity index is 1410. The molecule has 0 atom stereocenters. The van der Waals surface area contributed by atoms with Crippen LogP contribution in [0.4, 0.5) is 4.79 Å². The Labute approximate surface area is 203 Å². The van der Waals surface area contributed by atoms with E-state index in [1.807, 2.05) is 39.0 Å². The highest BCUT2D eigenvalue weighted by Crippen LogP contribution is 2.38. The van der Waals surface area contributed by atoms with Gasteiger partial charge in [-0.25, -0.2) is 9.78 Å². The van der Waals surface area contributed by atoms with E-state index in [0.29, 0.717) is 23.1 Å². The van der Waals surface area contributed by atoms with Crippen LogP contribution in [0.15, 0.2) is 54.6 Å². The van der Waals surface area contributed by atoms with Crippen molar-refractivity contribution >= 4 is 51.0 Å².